The van der Waals surface area contributed by atoms with Crippen molar-refractivity contribution in [3.05, 3.63) is 11.9 Å². The van der Waals surface area contributed by atoms with Crippen LogP contribution in [0.2, 0.25) is 0 Å². The molecule has 0 saturated carbocycles. The number of hydrogen-bond acceptors (Lipinski definition) is 3. The molecule has 1 rings (SSSR count). The Labute approximate surface area is 82.8 Å². The summed E-state index contributed by atoms with van der Waals surface area (Å²) in [6.07, 6.45) is 1.80. The summed E-state index contributed by atoms with van der Waals surface area (Å²) in [6.45, 7) is 1.68. The van der Waals surface area contributed by atoms with E-state index in [1.807, 2.05) is 0 Å². The number of rotatable bonds is 4. The van der Waals surface area contributed by atoms with Gasteiger partial charge in [-0.1, -0.05) is 6.92 Å². The van der Waals surface area contributed by atoms with E-state index in [1.165, 1.54) is 18.0 Å². The summed E-state index contributed by atoms with van der Waals surface area (Å²) in [7, 11) is 3.17. The quantitative estimate of drug-likeness (QED) is 0.789. The third-order valence-corrected chi connectivity index (χ3v) is 2.43. The first-order valence-electron chi connectivity index (χ1n) is 4.54. The molecule has 0 amide bonds. The van der Waals surface area contributed by atoms with Crippen molar-refractivity contribution in [2.24, 2.45) is 12.8 Å². The van der Waals surface area contributed by atoms with Gasteiger partial charge in [-0.05, 0) is 6.42 Å². The number of alkyl halides is 1. The molecule has 0 spiro atoms. The number of nitrogens with zero attached hydrogens (tertiary/aromatic N) is 2. The molecule has 14 heavy (non-hydrogen) atoms. The fraction of sp³-hybridized carbons (Fsp3) is 0.667. The maximum absolute atomic E-state index is 14.3. The highest BCUT2D eigenvalue weighted by Gasteiger charge is 2.35. The molecule has 0 radical (unpaired) electrons. The zero-order valence-corrected chi connectivity index (χ0v) is 8.75. The normalized spacial score (nSPS) is 15.2. The van der Waals surface area contributed by atoms with Crippen LogP contribution in [0.25, 0.3) is 0 Å². The van der Waals surface area contributed by atoms with Crippen molar-refractivity contribution in [2.75, 3.05) is 13.7 Å². The van der Waals surface area contributed by atoms with Gasteiger partial charge in [0, 0.05) is 13.6 Å². The van der Waals surface area contributed by atoms with Crippen LogP contribution in [-0.4, -0.2) is 23.4 Å². The minimum Gasteiger partial charge on any atom is -0.493 e. The van der Waals surface area contributed by atoms with Gasteiger partial charge in [-0.3, -0.25) is 4.68 Å². The van der Waals surface area contributed by atoms with Crippen LogP contribution in [-0.2, 0) is 12.7 Å². The topological polar surface area (TPSA) is 53.1 Å². The van der Waals surface area contributed by atoms with Gasteiger partial charge in [0.2, 0.25) is 0 Å². The van der Waals surface area contributed by atoms with Gasteiger partial charge in [0.25, 0.3) is 0 Å². The van der Waals surface area contributed by atoms with Crippen LogP contribution in [0.5, 0.6) is 5.75 Å². The Kier molecular flexibility index (Phi) is 3.10. The van der Waals surface area contributed by atoms with E-state index in [0.717, 1.165) is 0 Å². The number of aryl methyl sites for hydroxylation is 1. The number of methoxy groups -OCH3 is 1. The summed E-state index contributed by atoms with van der Waals surface area (Å²) in [5, 5.41) is 3.95. The summed E-state index contributed by atoms with van der Waals surface area (Å²) in [6, 6.07) is 0. The van der Waals surface area contributed by atoms with Gasteiger partial charge in [0.05, 0.1) is 13.3 Å². The van der Waals surface area contributed by atoms with Crippen LogP contribution in [0.1, 0.15) is 19.0 Å². The number of nitrogens with two attached hydrogens (primary N) is 1. The Morgan fingerprint density at radius 2 is 2.36 bits per heavy atom. The first-order chi connectivity index (χ1) is 6.59. The van der Waals surface area contributed by atoms with Crippen LogP contribution < -0.4 is 10.5 Å². The standard InChI is InChI=1S/C9H16FN3O/c1-4-9(10,6-11)8-7(14-3)5-12-13(8)2/h5H,4,6,11H2,1-3H3. The van der Waals surface area contributed by atoms with Crippen LogP contribution >= 0.6 is 0 Å². The summed E-state index contributed by atoms with van der Waals surface area (Å²) in [5.41, 5.74) is 4.28. The maximum atomic E-state index is 14.3. The third kappa shape index (κ3) is 1.59. The molecule has 0 bridgehead atoms. The highest BCUT2D eigenvalue weighted by Crippen LogP contribution is 2.34. The highest BCUT2D eigenvalue weighted by atomic mass is 19.1. The van der Waals surface area contributed by atoms with Gasteiger partial charge in [-0.25, -0.2) is 4.39 Å². The summed E-state index contributed by atoms with van der Waals surface area (Å²) < 4.78 is 20.8. The second kappa shape index (κ2) is 3.96. The number of halogens is 1. The SMILES string of the molecule is CCC(F)(CN)c1c(OC)cnn1C. The molecule has 1 aromatic heterocycles. The Balaban J connectivity index is 3.20. The molecule has 0 saturated heterocycles. The minimum absolute atomic E-state index is 0.0700. The van der Waals surface area contributed by atoms with Crippen LogP contribution in [0.15, 0.2) is 6.20 Å². The molecule has 80 valence electrons. The largest absolute Gasteiger partial charge is 0.493 e. The summed E-state index contributed by atoms with van der Waals surface area (Å²) in [5.74, 6) is 0.447. The molecule has 1 heterocycles. The molecule has 0 aliphatic carbocycles. The van der Waals surface area contributed by atoms with Crippen LogP contribution in [0.3, 0.4) is 0 Å². The maximum Gasteiger partial charge on any atom is 0.167 e. The zero-order chi connectivity index (χ0) is 10.8. The van der Waals surface area contributed by atoms with Gasteiger partial charge >= 0.3 is 0 Å². The van der Waals surface area contributed by atoms with Crippen molar-refractivity contribution in [3.8, 4) is 5.75 Å². The van der Waals surface area contributed by atoms with E-state index in [-0.39, 0.29) is 6.54 Å². The predicted octanol–water partition coefficient (Wildman–Crippen LogP) is 0.962. The molecule has 0 aromatic carbocycles. The Hall–Kier alpha value is -1.10. The number of aromatic nitrogens is 2. The molecule has 2 N–H and O–H groups in total. The minimum atomic E-state index is -1.56. The number of ether oxygens (including phenoxy) is 1. The number of hydrogen-bond donors (Lipinski definition) is 1. The van der Waals surface area contributed by atoms with Crippen molar-refractivity contribution in [3.63, 3.8) is 0 Å². The Morgan fingerprint density at radius 1 is 1.71 bits per heavy atom. The molecule has 5 heteroatoms. The van der Waals surface area contributed by atoms with Crippen LogP contribution in [0.4, 0.5) is 4.39 Å². The van der Waals surface area contributed by atoms with E-state index >= 15 is 0 Å². The Bertz CT molecular complexity index is 307. The van der Waals surface area contributed by atoms with Gasteiger partial charge in [-0.2, -0.15) is 5.10 Å². The van der Waals surface area contributed by atoms with E-state index in [9.17, 15) is 4.39 Å². The lowest BCUT2D eigenvalue weighted by Gasteiger charge is -2.22. The van der Waals surface area contributed by atoms with E-state index in [0.29, 0.717) is 17.9 Å². The lowest BCUT2D eigenvalue weighted by atomic mass is 9.98. The molecule has 1 aromatic rings. The summed E-state index contributed by atoms with van der Waals surface area (Å²) in [4.78, 5) is 0. The lowest BCUT2D eigenvalue weighted by Crippen LogP contribution is -2.32. The summed E-state index contributed by atoms with van der Waals surface area (Å²) >= 11 is 0. The smallest absolute Gasteiger partial charge is 0.167 e. The average Bonchev–Trinajstić information content (AvgIpc) is 2.59. The van der Waals surface area contributed by atoms with E-state index in [4.69, 9.17) is 10.5 Å². The van der Waals surface area contributed by atoms with Crippen molar-refractivity contribution >= 4 is 0 Å². The van der Waals surface area contributed by atoms with Crippen molar-refractivity contribution < 1.29 is 9.13 Å². The van der Waals surface area contributed by atoms with Crippen molar-refractivity contribution in [1.82, 2.24) is 9.78 Å². The Morgan fingerprint density at radius 3 is 2.79 bits per heavy atom. The molecular formula is C9H16FN3O. The van der Waals surface area contributed by atoms with Gasteiger partial charge in [-0.15, -0.1) is 0 Å². The van der Waals surface area contributed by atoms with E-state index < -0.39 is 5.67 Å². The highest BCUT2D eigenvalue weighted by molar-refractivity contribution is 5.31. The van der Waals surface area contributed by atoms with Crippen molar-refractivity contribution in [1.29, 1.82) is 0 Å². The monoisotopic (exact) mass is 201 g/mol. The van der Waals surface area contributed by atoms with E-state index in [1.54, 1.807) is 14.0 Å². The molecule has 1 atom stereocenters. The second-order valence-corrected chi connectivity index (χ2v) is 3.21. The zero-order valence-electron chi connectivity index (χ0n) is 8.75. The average molecular weight is 201 g/mol. The molecule has 1 unspecified atom stereocenters. The first kappa shape index (κ1) is 11.0. The van der Waals surface area contributed by atoms with E-state index in [2.05, 4.69) is 5.10 Å². The fourth-order valence-electron chi connectivity index (χ4n) is 1.49. The van der Waals surface area contributed by atoms with Gasteiger partial charge < -0.3 is 10.5 Å². The lowest BCUT2D eigenvalue weighted by molar-refractivity contribution is 0.151. The molecular weight excluding hydrogens is 185 g/mol. The first-order valence-corrected chi connectivity index (χ1v) is 4.54. The molecule has 4 nitrogen and oxygen atoms in total. The predicted molar refractivity (Wildman–Crippen MR) is 51.9 cm³/mol. The molecule has 0 aliphatic rings. The van der Waals surface area contributed by atoms with Gasteiger partial charge in [0.1, 0.15) is 5.69 Å². The third-order valence-electron chi connectivity index (χ3n) is 2.43. The molecule has 0 aliphatic heterocycles. The van der Waals surface area contributed by atoms with Crippen molar-refractivity contribution in [2.45, 2.75) is 19.0 Å². The molecule has 0 fully saturated rings. The van der Waals surface area contributed by atoms with Gasteiger partial charge in [0.15, 0.2) is 11.4 Å². The van der Waals surface area contributed by atoms with Crippen LogP contribution in [0, 0.1) is 0 Å². The fourth-order valence-corrected chi connectivity index (χ4v) is 1.49. The second-order valence-electron chi connectivity index (χ2n) is 3.21.